The van der Waals surface area contributed by atoms with Crippen LogP contribution < -0.4 is 4.74 Å². The van der Waals surface area contributed by atoms with E-state index < -0.39 is 12.1 Å². The fourth-order valence-electron chi connectivity index (χ4n) is 2.24. The average molecular weight is 354 g/mol. The number of halogens is 1. The van der Waals surface area contributed by atoms with Crippen molar-refractivity contribution >= 4 is 33.9 Å². The Morgan fingerprint density at radius 2 is 2.24 bits per heavy atom. The summed E-state index contributed by atoms with van der Waals surface area (Å²) in [6.45, 7) is 2.53. The van der Waals surface area contributed by atoms with Crippen molar-refractivity contribution in [3.8, 4) is 5.75 Å². The van der Waals surface area contributed by atoms with Crippen molar-refractivity contribution in [3.05, 3.63) is 33.8 Å². The zero-order valence-electron chi connectivity index (χ0n) is 11.8. The zero-order chi connectivity index (χ0) is 15.6. The number of benzene rings is 1. The minimum absolute atomic E-state index is 0.0505. The van der Waals surface area contributed by atoms with Crippen LogP contribution in [0, 0.1) is 6.92 Å². The molecule has 5 nitrogen and oxygen atoms in total. The molecule has 0 aliphatic carbocycles. The van der Waals surface area contributed by atoms with Crippen LogP contribution in [0.15, 0.2) is 22.7 Å². The van der Waals surface area contributed by atoms with Gasteiger partial charge in [0.15, 0.2) is 6.10 Å². The number of nitrogens with zero attached hydrogens (tertiary/aromatic N) is 1. The van der Waals surface area contributed by atoms with E-state index in [1.54, 1.807) is 18.0 Å². The Bertz CT molecular complexity index is 612. The number of ether oxygens (including phenoxy) is 1. The molecule has 1 unspecified atom stereocenters. The predicted molar refractivity (Wildman–Crippen MR) is 82.2 cm³/mol. The maximum absolute atomic E-state index is 11.9. The monoisotopic (exact) mass is 353 g/mol. The minimum atomic E-state index is -1.03. The largest absolute Gasteiger partial charge is 0.480 e. The summed E-state index contributed by atoms with van der Waals surface area (Å²) in [5, 5.41) is 8.77. The van der Waals surface area contributed by atoms with E-state index in [-0.39, 0.29) is 5.91 Å². The molecule has 0 saturated carbocycles. The van der Waals surface area contributed by atoms with E-state index in [4.69, 9.17) is 9.84 Å². The van der Waals surface area contributed by atoms with E-state index in [1.165, 1.54) is 6.08 Å². The molecule has 1 heterocycles. The quantitative estimate of drug-likeness (QED) is 0.844. The van der Waals surface area contributed by atoms with E-state index >= 15 is 0 Å². The molecule has 0 bridgehead atoms. The van der Waals surface area contributed by atoms with Crippen LogP contribution in [0.2, 0.25) is 0 Å². The van der Waals surface area contributed by atoms with Crippen molar-refractivity contribution in [1.29, 1.82) is 0 Å². The Kier molecular flexibility index (Phi) is 4.67. The van der Waals surface area contributed by atoms with Crippen LogP contribution in [-0.2, 0) is 9.59 Å². The highest BCUT2D eigenvalue weighted by atomic mass is 79.9. The van der Waals surface area contributed by atoms with Crippen molar-refractivity contribution in [2.24, 2.45) is 0 Å². The Balaban J connectivity index is 2.33. The van der Waals surface area contributed by atoms with Gasteiger partial charge in [-0.2, -0.15) is 0 Å². The first-order valence-corrected chi connectivity index (χ1v) is 7.30. The van der Waals surface area contributed by atoms with Gasteiger partial charge in [-0.15, -0.1) is 0 Å². The molecule has 1 aromatic carbocycles. The summed E-state index contributed by atoms with van der Waals surface area (Å²) < 4.78 is 6.68. The van der Waals surface area contributed by atoms with Crippen molar-refractivity contribution in [3.63, 3.8) is 0 Å². The van der Waals surface area contributed by atoms with Gasteiger partial charge in [-0.25, -0.2) is 4.79 Å². The molecule has 1 saturated heterocycles. The van der Waals surface area contributed by atoms with Crippen LogP contribution in [0.1, 0.15) is 17.5 Å². The molecule has 1 aliphatic heterocycles. The highest BCUT2D eigenvalue weighted by Gasteiger charge is 2.31. The van der Waals surface area contributed by atoms with Gasteiger partial charge in [-0.1, -0.05) is 15.9 Å². The highest BCUT2D eigenvalue weighted by Crippen LogP contribution is 2.31. The first-order chi connectivity index (χ1) is 9.88. The molecule has 1 aromatic rings. The third-order valence-electron chi connectivity index (χ3n) is 3.31. The molecule has 6 heteroatoms. The summed E-state index contributed by atoms with van der Waals surface area (Å²) in [6, 6.07) is 3.64. The van der Waals surface area contributed by atoms with E-state index in [2.05, 4.69) is 15.9 Å². The Morgan fingerprint density at radius 1 is 1.52 bits per heavy atom. The number of likely N-dealkylation sites (N-methyl/N-ethyl adjacent to an activating group) is 1. The summed E-state index contributed by atoms with van der Waals surface area (Å²) >= 11 is 3.38. The molecule has 1 N–H and O–H groups in total. The fourth-order valence-corrected chi connectivity index (χ4v) is 2.83. The number of carbonyl (C=O) groups is 2. The number of carboxylic acid groups (broad SMARTS) is 1. The second-order valence-corrected chi connectivity index (χ2v) is 5.88. The Morgan fingerprint density at radius 3 is 2.81 bits per heavy atom. The maximum Gasteiger partial charge on any atom is 0.328 e. The van der Waals surface area contributed by atoms with Gasteiger partial charge in [0.1, 0.15) is 5.75 Å². The minimum Gasteiger partial charge on any atom is -0.480 e. The van der Waals surface area contributed by atoms with Gasteiger partial charge in [-0.3, -0.25) is 4.79 Å². The number of carbonyl (C=O) groups excluding carboxylic acids is 1. The molecule has 1 amide bonds. The van der Waals surface area contributed by atoms with Crippen LogP contribution >= 0.6 is 15.9 Å². The molecular formula is C15H16BrNO4. The normalized spacial score (nSPS) is 18.5. The van der Waals surface area contributed by atoms with Crippen molar-refractivity contribution in [1.82, 2.24) is 4.90 Å². The molecule has 1 fully saturated rings. The van der Waals surface area contributed by atoms with Gasteiger partial charge >= 0.3 is 5.97 Å². The molecule has 2 rings (SSSR count). The summed E-state index contributed by atoms with van der Waals surface area (Å²) in [7, 11) is 1.74. The van der Waals surface area contributed by atoms with Crippen LogP contribution in [0.25, 0.3) is 6.08 Å². The van der Waals surface area contributed by atoms with E-state index in [0.717, 1.165) is 16.1 Å². The first-order valence-electron chi connectivity index (χ1n) is 6.51. The van der Waals surface area contributed by atoms with Crippen LogP contribution in [-0.4, -0.2) is 41.6 Å². The summed E-state index contributed by atoms with van der Waals surface area (Å²) in [5.41, 5.74) is 1.48. The number of carboxylic acids is 1. The van der Waals surface area contributed by atoms with Gasteiger partial charge in [0.25, 0.3) is 5.91 Å². The topological polar surface area (TPSA) is 66.8 Å². The number of aliphatic carboxylic acids is 1. The smallest absolute Gasteiger partial charge is 0.328 e. The van der Waals surface area contributed by atoms with E-state index in [9.17, 15) is 9.59 Å². The number of hydrogen-bond acceptors (Lipinski definition) is 3. The van der Waals surface area contributed by atoms with Gasteiger partial charge < -0.3 is 14.7 Å². The molecule has 0 spiro atoms. The third kappa shape index (κ3) is 3.64. The van der Waals surface area contributed by atoms with Crippen molar-refractivity contribution in [2.75, 3.05) is 13.6 Å². The second kappa shape index (κ2) is 6.30. The SMILES string of the molecule is Cc1cc(Br)cc(/C=C/C(=O)O)c1OC1CCN(C)C1=O. The van der Waals surface area contributed by atoms with Crippen LogP contribution in [0.3, 0.4) is 0 Å². The summed E-state index contributed by atoms with van der Waals surface area (Å²) in [4.78, 5) is 24.3. The second-order valence-electron chi connectivity index (χ2n) is 4.97. The lowest BCUT2D eigenvalue weighted by molar-refractivity contribution is -0.132. The van der Waals surface area contributed by atoms with Gasteiger partial charge in [0.2, 0.25) is 0 Å². The van der Waals surface area contributed by atoms with Gasteiger partial charge in [0, 0.05) is 36.1 Å². The first kappa shape index (κ1) is 15.6. The Hall–Kier alpha value is -1.82. The number of aryl methyl sites for hydroxylation is 1. The molecule has 1 aliphatic rings. The Labute approximate surface area is 131 Å². The number of likely N-dealkylation sites (tertiary alicyclic amines) is 1. The molecule has 0 aromatic heterocycles. The zero-order valence-corrected chi connectivity index (χ0v) is 13.4. The van der Waals surface area contributed by atoms with Crippen molar-refractivity contribution < 1.29 is 19.4 Å². The van der Waals surface area contributed by atoms with E-state index in [1.807, 2.05) is 13.0 Å². The molecular weight excluding hydrogens is 338 g/mol. The standard InChI is InChI=1S/C15H16BrNO4/c1-9-7-11(16)8-10(3-4-13(18)19)14(9)21-12-5-6-17(2)15(12)20/h3-4,7-8,12H,5-6H2,1-2H3,(H,18,19)/b4-3+. The number of amides is 1. The molecule has 0 radical (unpaired) electrons. The van der Waals surface area contributed by atoms with Crippen LogP contribution in [0.5, 0.6) is 5.75 Å². The van der Waals surface area contributed by atoms with Crippen molar-refractivity contribution in [2.45, 2.75) is 19.4 Å². The van der Waals surface area contributed by atoms with E-state index in [0.29, 0.717) is 24.3 Å². The number of rotatable bonds is 4. The average Bonchev–Trinajstić information content (AvgIpc) is 2.71. The highest BCUT2D eigenvalue weighted by molar-refractivity contribution is 9.10. The van der Waals surface area contributed by atoms with Gasteiger partial charge in [-0.05, 0) is 30.7 Å². The molecule has 112 valence electrons. The maximum atomic E-state index is 11.9. The lowest BCUT2D eigenvalue weighted by atomic mass is 10.1. The molecule has 1 atom stereocenters. The van der Waals surface area contributed by atoms with Gasteiger partial charge in [0.05, 0.1) is 0 Å². The fraction of sp³-hybridized carbons (Fsp3) is 0.333. The lowest BCUT2D eigenvalue weighted by Crippen LogP contribution is -2.29. The summed E-state index contributed by atoms with van der Waals surface area (Å²) in [5.74, 6) is -0.537. The summed E-state index contributed by atoms with van der Waals surface area (Å²) in [6.07, 6.45) is 2.65. The third-order valence-corrected chi connectivity index (χ3v) is 3.77. The molecule has 21 heavy (non-hydrogen) atoms. The predicted octanol–water partition coefficient (Wildman–Crippen LogP) is 2.46. The van der Waals surface area contributed by atoms with Crippen LogP contribution in [0.4, 0.5) is 0 Å². The lowest BCUT2D eigenvalue weighted by Gasteiger charge is -2.17. The number of hydrogen-bond donors (Lipinski definition) is 1.